The average Bonchev–Trinajstić information content (AvgIpc) is 3.29. The number of rotatable bonds is 8. The second kappa shape index (κ2) is 10.5. The van der Waals surface area contributed by atoms with Crippen LogP contribution in [0.1, 0.15) is 24.0 Å². The molecule has 0 saturated heterocycles. The fourth-order valence-electron chi connectivity index (χ4n) is 3.44. The van der Waals surface area contributed by atoms with E-state index in [0.29, 0.717) is 29.5 Å². The molecule has 3 aromatic rings. The predicted octanol–water partition coefficient (Wildman–Crippen LogP) is 5.25. The molecule has 0 radical (unpaired) electrons. The Kier molecular flexibility index (Phi) is 7.27. The van der Waals surface area contributed by atoms with E-state index >= 15 is 0 Å². The number of pyridine rings is 1. The van der Waals surface area contributed by atoms with Crippen molar-refractivity contribution in [1.29, 1.82) is 0 Å². The molecule has 34 heavy (non-hydrogen) atoms. The number of thioether (sulfide) groups is 1. The molecular weight excluding hydrogens is 462 g/mol. The molecule has 0 spiro atoms. The lowest BCUT2D eigenvalue weighted by Crippen LogP contribution is -2.33. The minimum Gasteiger partial charge on any atom is -0.497 e. The van der Waals surface area contributed by atoms with Crippen molar-refractivity contribution in [2.24, 2.45) is 5.10 Å². The van der Waals surface area contributed by atoms with E-state index < -0.39 is 22.6 Å². The molecule has 1 atom stereocenters. The Hall–Kier alpha value is -3.66. The molecule has 2 heterocycles. The number of amides is 1. The summed E-state index contributed by atoms with van der Waals surface area (Å²) in [6.07, 6.45) is 1.87. The zero-order chi connectivity index (χ0) is 24.0. The maximum Gasteiger partial charge on any atom is 0.412 e. The summed E-state index contributed by atoms with van der Waals surface area (Å²) in [6.45, 7) is 0.135. The molecule has 1 aliphatic rings. The number of methoxy groups -OCH3 is 1. The van der Waals surface area contributed by atoms with Crippen molar-refractivity contribution in [3.8, 4) is 5.75 Å². The van der Waals surface area contributed by atoms with Crippen molar-refractivity contribution < 1.29 is 23.0 Å². The van der Waals surface area contributed by atoms with Gasteiger partial charge in [-0.1, -0.05) is 42.1 Å². The third-order valence-corrected chi connectivity index (χ3v) is 6.50. The van der Waals surface area contributed by atoms with Gasteiger partial charge in [0.05, 0.1) is 13.7 Å². The molecule has 176 valence electrons. The maximum atomic E-state index is 14.3. The summed E-state index contributed by atoms with van der Waals surface area (Å²) in [4.78, 5) is 15.5. The number of hydrogen-bond donors (Lipinski definition) is 2. The van der Waals surface area contributed by atoms with Crippen LogP contribution in [0.2, 0.25) is 0 Å². The van der Waals surface area contributed by atoms with Crippen molar-refractivity contribution >= 4 is 28.7 Å². The Morgan fingerprint density at radius 1 is 1.15 bits per heavy atom. The number of carbonyl (C=O) groups is 1. The minimum atomic E-state index is -0.719. The van der Waals surface area contributed by atoms with Crippen LogP contribution < -0.4 is 15.5 Å². The van der Waals surface area contributed by atoms with E-state index in [-0.39, 0.29) is 12.2 Å². The molecule has 2 N–H and O–H groups in total. The van der Waals surface area contributed by atoms with E-state index in [1.54, 1.807) is 12.1 Å². The Morgan fingerprint density at radius 3 is 2.76 bits per heavy atom. The van der Waals surface area contributed by atoms with E-state index in [4.69, 9.17) is 9.47 Å². The highest BCUT2D eigenvalue weighted by atomic mass is 32.2. The van der Waals surface area contributed by atoms with Gasteiger partial charge in [0, 0.05) is 17.8 Å². The van der Waals surface area contributed by atoms with Gasteiger partial charge >= 0.3 is 6.09 Å². The van der Waals surface area contributed by atoms with E-state index in [2.05, 4.69) is 20.8 Å². The van der Waals surface area contributed by atoms with Gasteiger partial charge in [-0.3, -0.25) is 10.7 Å². The summed E-state index contributed by atoms with van der Waals surface area (Å²) in [5.74, 6) is -0.218. The highest BCUT2D eigenvalue weighted by Crippen LogP contribution is 2.44. The van der Waals surface area contributed by atoms with Gasteiger partial charge in [0.2, 0.25) is 0 Å². The second-order valence-corrected chi connectivity index (χ2v) is 8.68. The lowest BCUT2D eigenvalue weighted by Gasteiger charge is -2.28. The summed E-state index contributed by atoms with van der Waals surface area (Å²) >= 11 is 1.30. The fraction of sp³-hybridized carbons (Fsp3) is 0.208. The number of hydrogen-bond acceptors (Lipinski definition) is 7. The zero-order valence-corrected chi connectivity index (χ0v) is 19.1. The van der Waals surface area contributed by atoms with Crippen LogP contribution in [0.5, 0.6) is 5.75 Å². The van der Waals surface area contributed by atoms with E-state index in [0.717, 1.165) is 23.8 Å². The van der Waals surface area contributed by atoms with Crippen LogP contribution >= 0.6 is 11.8 Å². The molecule has 1 unspecified atom stereocenters. The van der Waals surface area contributed by atoms with Crippen LogP contribution in [0.3, 0.4) is 0 Å². The molecule has 4 rings (SSSR count). The number of nitrogens with zero attached hydrogens (tertiary/aromatic N) is 2. The van der Waals surface area contributed by atoms with Crippen LogP contribution in [0, 0.1) is 11.6 Å². The van der Waals surface area contributed by atoms with Crippen molar-refractivity contribution in [2.45, 2.75) is 17.7 Å². The second-order valence-electron chi connectivity index (χ2n) is 7.39. The van der Waals surface area contributed by atoms with Gasteiger partial charge in [-0.25, -0.2) is 18.6 Å². The van der Waals surface area contributed by atoms with E-state index in [9.17, 15) is 13.6 Å². The predicted molar refractivity (Wildman–Crippen MR) is 127 cm³/mol. The molecule has 0 bridgehead atoms. The number of hydrazone groups is 1. The first-order valence-electron chi connectivity index (χ1n) is 10.5. The summed E-state index contributed by atoms with van der Waals surface area (Å²) in [7, 11) is 1.52. The van der Waals surface area contributed by atoms with Gasteiger partial charge in [0.1, 0.15) is 33.1 Å². The van der Waals surface area contributed by atoms with Gasteiger partial charge in [-0.2, -0.15) is 5.10 Å². The first kappa shape index (κ1) is 23.5. The monoisotopic (exact) mass is 484 g/mol. The van der Waals surface area contributed by atoms with E-state index in [1.165, 1.54) is 25.1 Å². The Labute approximate surface area is 199 Å². The Balaban J connectivity index is 1.39. The molecule has 1 amide bonds. The van der Waals surface area contributed by atoms with Crippen molar-refractivity contribution in [3.63, 3.8) is 0 Å². The number of ether oxygens (including phenoxy) is 2. The Morgan fingerprint density at radius 2 is 1.97 bits per heavy atom. The summed E-state index contributed by atoms with van der Waals surface area (Å²) in [6, 6.07) is 16.1. The topological polar surface area (TPSA) is 84.8 Å². The smallest absolute Gasteiger partial charge is 0.412 e. The molecular formula is C24H22F2N4O3S. The lowest BCUT2D eigenvalue weighted by molar-refractivity contribution is 0.157. The van der Waals surface area contributed by atoms with Gasteiger partial charge in [0.25, 0.3) is 0 Å². The summed E-state index contributed by atoms with van der Waals surface area (Å²) in [5, 5.41) is 7.21. The van der Waals surface area contributed by atoms with Crippen molar-refractivity contribution in [1.82, 2.24) is 10.4 Å². The molecule has 1 aromatic heterocycles. The molecule has 0 fully saturated rings. The Bertz CT molecular complexity index is 1200. The van der Waals surface area contributed by atoms with Gasteiger partial charge in [0.15, 0.2) is 0 Å². The van der Waals surface area contributed by atoms with E-state index in [1.807, 2.05) is 30.3 Å². The number of carbonyl (C=O) groups excluding carboxylic acids is 1. The number of anilines is 1. The lowest BCUT2D eigenvalue weighted by atomic mass is 10.0. The van der Waals surface area contributed by atoms with Crippen molar-refractivity contribution in [2.75, 3.05) is 19.0 Å². The molecule has 0 saturated carbocycles. The van der Waals surface area contributed by atoms with Crippen LogP contribution in [0.25, 0.3) is 0 Å². The van der Waals surface area contributed by atoms with Crippen molar-refractivity contribution in [3.05, 3.63) is 89.6 Å². The number of benzene rings is 2. The first-order chi connectivity index (χ1) is 16.5. The maximum absolute atomic E-state index is 14.3. The van der Waals surface area contributed by atoms with Gasteiger partial charge in [-0.15, -0.1) is 0 Å². The van der Waals surface area contributed by atoms with Crippen LogP contribution in [-0.2, 0) is 9.61 Å². The third-order valence-electron chi connectivity index (χ3n) is 5.11. The summed E-state index contributed by atoms with van der Waals surface area (Å²) in [5.41, 5.74) is 4.12. The molecule has 0 aliphatic carbocycles. The summed E-state index contributed by atoms with van der Waals surface area (Å²) < 4.78 is 38.4. The highest BCUT2D eigenvalue weighted by molar-refractivity contribution is 8.15. The largest absolute Gasteiger partial charge is 0.497 e. The van der Waals surface area contributed by atoms with Gasteiger partial charge in [-0.05, 0) is 42.7 Å². The fourth-order valence-corrected chi connectivity index (χ4v) is 4.72. The normalized spacial score (nSPS) is 17.0. The quantitative estimate of drug-likeness (QED) is 0.425. The SMILES string of the molecule is COc1ccnc(NC(=O)OCCCC2(c3ccccc3)NN=C(c3cc(F)ccc3F)S2)c1. The van der Waals surface area contributed by atoms with Crippen LogP contribution in [0.15, 0.2) is 72.0 Å². The number of halogens is 2. The third kappa shape index (κ3) is 5.45. The van der Waals surface area contributed by atoms with Crippen LogP contribution in [-0.4, -0.2) is 29.8 Å². The highest BCUT2D eigenvalue weighted by Gasteiger charge is 2.39. The molecule has 2 aromatic carbocycles. The minimum absolute atomic E-state index is 0.0942. The zero-order valence-electron chi connectivity index (χ0n) is 18.3. The molecule has 1 aliphatic heterocycles. The first-order valence-corrected chi connectivity index (χ1v) is 11.3. The van der Waals surface area contributed by atoms with Gasteiger partial charge < -0.3 is 9.47 Å². The number of aromatic nitrogens is 1. The number of nitrogens with one attached hydrogen (secondary N) is 2. The van der Waals surface area contributed by atoms with Crippen LogP contribution in [0.4, 0.5) is 19.4 Å². The average molecular weight is 485 g/mol. The molecule has 10 heteroatoms. The standard InChI is InChI=1S/C24H22F2N4O3S/c1-32-18-10-12-27-21(15-18)28-23(31)33-13-5-11-24(16-6-3-2-4-7-16)30-29-22(34-24)19-14-17(25)8-9-20(19)26/h2-4,6-10,12,14-15,30H,5,11,13H2,1H3,(H,27,28,31). The molecule has 7 nitrogen and oxygen atoms in total.